The van der Waals surface area contributed by atoms with Crippen molar-refractivity contribution in [3.63, 3.8) is 0 Å². The Morgan fingerprint density at radius 1 is 1.42 bits per heavy atom. The molecule has 0 spiro atoms. The Hall–Kier alpha value is -1.92. The first-order valence-corrected chi connectivity index (χ1v) is 9.62. The molecule has 0 bridgehead atoms. The third kappa shape index (κ3) is 4.83. The fourth-order valence-corrected chi connectivity index (χ4v) is 3.43. The molecule has 2 heterocycles. The Morgan fingerprint density at radius 2 is 2.27 bits per heavy atom. The molecule has 1 aliphatic rings. The van der Waals surface area contributed by atoms with Crippen LogP contribution in [0.1, 0.15) is 38.5 Å². The Morgan fingerprint density at radius 3 is 3.08 bits per heavy atom. The summed E-state index contributed by atoms with van der Waals surface area (Å²) in [5.41, 5.74) is 0.760. The van der Waals surface area contributed by atoms with Crippen LogP contribution in [0.3, 0.4) is 0 Å². The number of piperidine rings is 1. The molecule has 1 aliphatic heterocycles. The Balaban J connectivity index is 1.57. The van der Waals surface area contributed by atoms with Gasteiger partial charge in [-0.25, -0.2) is 0 Å². The summed E-state index contributed by atoms with van der Waals surface area (Å²) in [7, 11) is 0. The van der Waals surface area contributed by atoms with Crippen molar-refractivity contribution in [2.24, 2.45) is 5.92 Å². The third-order valence-corrected chi connectivity index (χ3v) is 4.98. The number of halogens is 1. The second-order valence-corrected chi connectivity index (χ2v) is 7.12. The van der Waals surface area contributed by atoms with Crippen LogP contribution in [0.2, 0.25) is 5.02 Å². The smallest absolute Gasteiger partial charge is 0.241 e. The molecule has 1 N–H and O–H groups in total. The van der Waals surface area contributed by atoms with Gasteiger partial charge in [0, 0.05) is 18.7 Å². The molecule has 0 aliphatic carbocycles. The Bertz CT molecular complexity index is 734. The second-order valence-electron chi connectivity index (χ2n) is 6.71. The molecule has 2 aromatic rings. The van der Waals surface area contributed by atoms with Gasteiger partial charge in [0.15, 0.2) is 0 Å². The van der Waals surface area contributed by atoms with Gasteiger partial charge in [0.2, 0.25) is 17.6 Å². The minimum Gasteiger partial charge on any atom is -0.356 e. The highest BCUT2D eigenvalue weighted by Gasteiger charge is 2.26. The van der Waals surface area contributed by atoms with Crippen LogP contribution in [0.4, 0.5) is 0 Å². The Labute approximate surface area is 158 Å². The van der Waals surface area contributed by atoms with E-state index in [1.165, 1.54) is 0 Å². The lowest BCUT2D eigenvalue weighted by molar-refractivity contribution is -0.126. The first kappa shape index (κ1) is 18.9. The summed E-state index contributed by atoms with van der Waals surface area (Å²) in [5, 5.41) is 7.68. The van der Waals surface area contributed by atoms with E-state index in [2.05, 4.69) is 27.3 Å². The fourth-order valence-electron chi connectivity index (χ4n) is 3.21. The highest BCUT2D eigenvalue weighted by Crippen LogP contribution is 2.25. The van der Waals surface area contributed by atoms with E-state index < -0.39 is 0 Å². The number of aromatic nitrogens is 2. The van der Waals surface area contributed by atoms with Crippen molar-refractivity contribution in [3.8, 4) is 11.4 Å². The summed E-state index contributed by atoms with van der Waals surface area (Å²) in [6.45, 7) is 5.09. The van der Waals surface area contributed by atoms with Crippen LogP contribution in [0.25, 0.3) is 11.4 Å². The van der Waals surface area contributed by atoms with Crippen LogP contribution >= 0.6 is 11.6 Å². The number of likely N-dealkylation sites (tertiary alicyclic amines) is 1. The predicted octanol–water partition coefficient (Wildman–Crippen LogP) is 3.52. The van der Waals surface area contributed by atoms with E-state index in [4.69, 9.17) is 16.1 Å². The van der Waals surface area contributed by atoms with Crippen LogP contribution in [0, 0.1) is 5.92 Å². The summed E-state index contributed by atoms with van der Waals surface area (Å²) in [6.07, 6.45) is 4.04. The summed E-state index contributed by atoms with van der Waals surface area (Å²) < 4.78 is 5.39. The van der Waals surface area contributed by atoms with E-state index in [-0.39, 0.29) is 11.8 Å². The first-order chi connectivity index (χ1) is 12.7. The lowest BCUT2D eigenvalue weighted by Crippen LogP contribution is -2.42. The van der Waals surface area contributed by atoms with E-state index in [0.717, 1.165) is 50.9 Å². The summed E-state index contributed by atoms with van der Waals surface area (Å²) in [5.74, 6) is 1.24. The average Bonchev–Trinajstić information content (AvgIpc) is 3.10. The number of benzene rings is 1. The average molecular weight is 377 g/mol. The molecule has 7 heteroatoms. The van der Waals surface area contributed by atoms with Gasteiger partial charge in [0.05, 0.1) is 17.5 Å². The van der Waals surface area contributed by atoms with Crippen molar-refractivity contribution in [2.45, 2.75) is 39.2 Å². The Kier molecular flexibility index (Phi) is 6.63. The molecule has 1 aromatic heterocycles. The summed E-state index contributed by atoms with van der Waals surface area (Å²) >= 11 is 6.19. The summed E-state index contributed by atoms with van der Waals surface area (Å²) in [4.78, 5) is 19.0. The van der Waals surface area contributed by atoms with Gasteiger partial charge < -0.3 is 9.84 Å². The number of carbonyl (C=O) groups excluding carboxylic acids is 1. The minimum atomic E-state index is 0.0339. The van der Waals surface area contributed by atoms with Gasteiger partial charge in [-0.2, -0.15) is 4.98 Å². The molecule has 1 aromatic carbocycles. The van der Waals surface area contributed by atoms with Crippen molar-refractivity contribution < 1.29 is 9.32 Å². The number of unbranched alkanes of at least 4 members (excludes halogenated alkanes) is 1. The van der Waals surface area contributed by atoms with E-state index >= 15 is 0 Å². The first-order valence-electron chi connectivity index (χ1n) is 9.25. The zero-order chi connectivity index (χ0) is 18.4. The highest BCUT2D eigenvalue weighted by molar-refractivity contribution is 6.33. The number of amides is 1. The van der Waals surface area contributed by atoms with E-state index in [1.54, 1.807) is 6.07 Å². The molecule has 1 saturated heterocycles. The van der Waals surface area contributed by atoms with Crippen molar-refractivity contribution in [1.29, 1.82) is 0 Å². The monoisotopic (exact) mass is 376 g/mol. The molecule has 1 unspecified atom stereocenters. The maximum atomic E-state index is 12.3. The molecule has 0 saturated carbocycles. The lowest BCUT2D eigenvalue weighted by atomic mass is 9.97. The van der Waals surface area contributed by atoms with Crippen LogP contribution < -0.4 is 5.32 Å². The van der Waals surface area contributed by atoms with E-state index in [0.29, 0.717) is 23.3 Å². The van der Waals surface area contributed by atoms with Gasteiger partial charge >= 0.3 is 0 Å². The van der Waals surface area contributed by atoms with Gasteiger partial charge in [-0.1, -0.05) is 42.2 Å². The number of nitrogens with one attached hydrogen (secondary N) is 1. The number of carbonyl (C=O) groups is 1. The lowest BCUT2D eigenvalue weighted by Gasteiger charge is -2.30. The molecule has 1 fully saturated rings. The minimum absolute atomic E-state index is 0.0339. The molecule has 6 nitrogen and oxygen atoms in total. The standard InChI is InChI=1S/C19H25ClN4O2/c1-2-3-10-21-19(25)14-7-6-11-24(12-14)13-17-22-18(23-26-17)15-8-4-5-9-16(15)20/h4-5,8-9,14H,2-3,6-7,10-13H2,1H3,(H,21,25). The largest absolute Gasteiger partial charge is 0.356 e. The van der Waals surface area contributed by atoms with Gasteiger partial charge in [0.1, 0.15) is 0 Å². The molecule has 3 rings (SSSR count). The number of nitrogens with zero attached hydrogens (tertiary/aromatic N) is 3. The van der Waals surface area contributed by atoms with E-state index in [1.807, 2.05) is 18.2 Å². The van der Waals surface area contributed by atoms with Crippen LogP contribution in [-0.4, -0.2) is 40.6 Å². The number of rotatable bonds is 7. The number of hydrogen-bond donors (Lipinski definition) is 1. The normalized spacial score (nSPS) is 18.0. The van der Waals surface area contributed by atoms with Crippen LogP contribution in [-0.2, 0) is 11.3 Å². The molecular formula is C19H25ClN4O2. The SMILES string of the molecule is CCCCNC(=O)C1CCCN(Cc2nc(-c3ccccc3Cl)no2)C1. The van der Waals surface area contributed by atoms with Crippen LogP contribution in [0.5, 0.6) is 0 Å². The van der Waals surface area contributed by atoms with Crippen molar-refractivity contribution in [2.75, 3.05) is 19.6 Å². The highest BCUT2D eigenvalue weighted by atomic mass is 35.5. The topological polar surface area (TPSA) is 71.3 Å². The van der Waals surface area contributed by atoms with Crippen molar-refractivity contribution in [1.82, 2.24) is 20.4 Å². The molecule has 1 atom stereocenters. The van der Waals surface area contributed by atoms with E-state index in [9.17, 15) is 4.79 Å². The zero-order valence-electron chi connectivity index (χ0n) is 15.1. The van der Waals surface area contributed by atoms with Crippen molar-refractivity contribution >= 4 is 17.5 Å². The zero-order valence-corrected chi connectivity index (χ0v) is 15.8. The number of hydrogen-bond acceptors (Lipinski definition) is 5. The van der Waals surface area contributed by atoms with Gasteiger partial charge in [-0.3, -0.25) is 9.69 Å². The molecule has 0 radical (unpaired) electrons. The molecular weight excluding hydrogens is 352 g/mol. The maximum absolute atomic E-state index is 12.3. The third-order valence-electron chi connectivity index (χ3n) is 4.65. The van der Waals surface area contributed by atoms with Gasteiger partial charge in [-0.05, 0) is 37.9 Å². The molecule has 140 valence electrons. The summed E-state index contributed by atoms with van der Waals surface area (Å²) in [6, 6.07) is 7.43. The van der Waals surface area contributed by atoms with Crippen molar-refractivity contribution in [3.05, 3.63) is 35.2 Å². The molecule has 26 heavy (non-hydrogen) atoms. The second kappa shape index (κ2) is 9.14. The maximum Gasteiger partial charge on any atom is 0.241 e. The van der Waals surface area contributed by atoms with Gasteiger partial charge in [0.25, 0.3) is 0 Å². The quantitative estimate of drug-likeness (QED) is 0.748. The predicted molar refractivity (Wildman–Crippen MR) is 101 cm³/mol. The van der Waals surface area contributed by atoms with Gasteiger partial charge in [-0.15, -0.1) is 0 Å². The molecule has 1 amide bonds. The van der Waals surface area contributed by atoms with Crippen LogP contribution in [0.15, 0.2) is 28.8 Å². The fraction of sp³-hybridized carbons (Fsp3) is 0.526.